The minimum absolute atomic E-state index is 0.0475. The topological polar surface area (TPSA) is 113 Å². The summed E-state index contributed by atoms with van der Waals surface area (Å²) in [6.07, 6.45) is 1.40. The van der Waals surface area contributed by atoms with Crippen molar-refractivity contribution < 1.29 is 10.0 Å². The number of aliphatic hydroxyl groups is 1. The Balaban J connectivity index is 3.12. The highest BCUT2D eigenvalue weighted by molar-refractivity contribution is 5.63. The molecule has 0 atom stereocenters. The summed E-state index contributed by atoms with van der Waals surface area (Å²) in [7, 11) is 0. The molecule has 0 aliphatic carbocycles. The Morgan fingerprint density at radius 1 is 1.32 bits per heavy atom. The van der Waals surface area contributed by atoms with Gasteiger partial charge < -0.3 is 15.8 Å². The van der Waals surface area contributed by atoms with Gasteiger partial charge in [0.2, 0.25) is 0 Å². The lowest BCUT2D eigenvalue weighted by Gasteiger charge is -2.32. The van der Waals surface area contributed by atoms with Crippen LogP contribution in [0.1, 0.15) is 26.7 Å². The molecule has 7 nitrogen and oxygen atoms in total. The van der Waals surface area contributed by atoms with Crippen LogP contribution in [0.4, 0.5) is 17.1 Å². The second kappa shape index (κ2) is 6.35. The van der Waals surface area contributed by atoms with Crippen LogP contribution >= 0.6 is 0 Å². The molecule has 0 heterocycles. The van der Waals surface area contributed by atoms with Gasteiger partial charge in [-0.15, -0.1) is 0 Å². The molecule has 1 aromatic carbocycles. The Labute approximate surface area is 111 Å². The van der Waals surface area contributed by atoms with Gasteiger partial charge in [-0.05, 0) is 18.9 Å². The number of hydrazine groups is 1. The lowest BCUT2D eigenvalue weighted by atomic mass is 9.93. The fourth-order valence-electron chi connectivity index (χ4n) is 1.87. The maximum absolute atomic E-state index is 10.9. The van der Waals surface area contributed by atoms with Gasteiger partial charge in [-0.2, -0.15) is 0 Å². The second-order valence-electron chi connectivity index (χ2n) is 4.44. The fourth-order valence-corrected chi connectivity index (χ4v) is 1.87. The number of nitro groups is 1. The highest BCUT2D eigenvalue weighted by Crippen LogP contribution is 2.28. The monoisotopic (exact) mass is 268 g/mol. The largest absolute Gasteiger partial charge is 0.394 e. The highest BCUT2D eigenvalue weighted by Gasteiger charge is 2.25. The average Bonchev–Trinajstić information content (AvgIpc) is 2.44. The normalized spacial score (nSPS) is 11.2. The number of nitrogens with two attached hydrogens (primary N) is 1. The van der Waals surface area contributed by atoms with Crippen LogP contribution in [0.3, 0.4) is 0 Å². The van der Waals surface area contributed by atoms with Crippen molar-refractivity contribution in [1.82, 2.24) is 0 Å². The summed E-state index contributed by atoms with van der Waals surface area (Å²) in [4.78, 5) is 10.4. The SMILES string of the molecule is CCC(CC)(CO)Nc1cc(NN)cc([N+](=O)[O-])c1. The van der Waals surface area contributed by atoms with E-state index in [-0.39, 0.29) is 12.3 Å². The van der Waals surface area contributed by atoms with Crippen molar-refractivity contribution in [2.45, 2.75) is 32.2 Å². The molecule has 0 saturated heterocycles. The summed E-state index contributed by atoms with van der Waals surface area (Å²) < 4.78 is 0. The summed E-state index contributed by atoms with van der Waals surface area (Å²) >= 11 is 0. The van der Waals surface area contributed by atoms with Gasteiger partial charge in [-0.1, -0.05) is 13.8 Å². The first-order valence-corrected chi connectivity index (χ1v) is 6.15. The van der Waals surface area contributed by atoms with Gasteiger partial charge in [0, 0.05) is 17.8 Å². The second-order valence-corrected chi connectivity index (χ2v) is 4.44. The van der Waals surface area contributed by atoms with Crippen molar-refractivity contribution in [2.75, 3.05) is 17.3 Å². The molecule has 0 aliphatic rings. The summed E-state index contributed by atoms with van der Waals surface area (Å²) in [6.45, 7) is 3.85. The van der Waals surface area contributed by atoms with Gasteiger partial charge in [0.25, 0.3) is 5.69 Å². The van der Waals surface area contributed by atoms with Crippen LogP contribution in [0.5, 0.6) is 0 Å². The highest BCUT2D eigenvalue weighted by atomic mass is 16.6. The van der Waals surface area contributed by atoms with E-state index in [0.29, 0.717) is 24.2 Å². The first-order valence-electron chi connectivity index (χ1n) is 6.15. The van der Waals surface area contributed by atoms with E-state index >= 15 is 0 Å². The zero-order valence-electron chi connectivity index (χ0n) is 11.1. The number of hydrogen-bond acceptors (Lipinski definition) is 6. The van der Waals surface area contributed by atoms with Crippen molar-refractivity contribution in [3.63, 3.8) is 0 Å². The molecule has 0 aliphatic heterocycles. The molecule has 1 rings (SSSR count). The number of nitrogens with zero attached hydrogens (tertiary/aromatic N) is 1. The molecule has 5 N–H and O–H groups in total. The minimum Gasteiger partial charge on any atom is -0.394 e. The molecule has 1 aromatic rings. The zero-order valence-corrected chi connectivity index (χ0v) is 11.1. The molecule has 0 saturated carbocycles. The molecule has 0 amide bonds. The lowest BCUT2D eigenvalue weighted by Crippen LogP contribution is -2.40. The molecule has 0 aromatic heterocycles. The van der Waals surface area contributed by atoms with E-state index in [4.69, 9.17) is 5.84 Å². The average molecular weight is 268 g/mol. The molecule has 0 unspecified atom stereocenters. The van der Waals surface area contributed by atoms with Gasteiger partial charge in [0.15, 0.2) is 0 Å². The molecular weight excluding hydrogens is 248 g/mol. The van der Waals surface area contributed by atoms with E-state index < -0.39 is 10.5 Å². The lowest BCUT2D eigenvalue weighted by molar-refractivity contribution is -0.384. The smallest absolute Gasteiger partial charge is 0.273 e. The number of non-ortho nitro benzene ring substituents is 1. The zero-order chi connectivity index (χ0) is 14.5. The minimum atomic E-state index is -0.485. The fraction of sp³-hybridized carbons (Fsp3) is 0.500. The summed E-state index contributed by atoms with van der Waals surface area (Å²) in [5, 5.41) is 23.5. The number of nitrogens with one attached hydrogen (secondary N) is 2. The van der Waals surface area contributed by atoms with Crippen LogP contribution in [-0.2, 0) is 0 Å². The Morgan fingerprint density at radius 2 is 1.89 bits per heavy atom. The predicted octanol–water partition coefficient (Wildman–Crippen LogP) is 1.84. The first-order chi connectivity index (χ1) is 9.00. The van der Waals surface area contributed by atoms with Crippen LogP contribution < -0.4 is 16.6 Å². The molecule has 106 valence electrons. The van der Waals surface area contributed by atoms with E-state index in [2.05, 4.69) is 10.7 Å². The van der Waals surface area contributed by atoms with E-state index in [1.807, 2.05) is 13.8 Å². The van der Waals surface area contributed by atoms with Gasteiger partial charge in [-0.25, -0.2) is 0 Å². The number of anilines is 2. The van der Waals surface area contributed by atoms with Crippen molar-refractivity contribution in [3.05, 3.63) is 28.3 Å². The van der Waals surface area contributed by atoms with Crippen LogP contribution in [0.15, 0.2) is 18.2 Å². The number of nitro benzene ring substituents is 1. The quantitative estimate of drug-likeness (QED) is 0.341. The van der Waals surface area contributed by atoms with Crippen molar-refractivity contribution in [2.24, 2.45) is 5.84 Å². The third-order valence-corrected chi connectivity index (χ3v) is 3.36. The van der Waals surface area contributed by atoms with Gasteiger partial charge in [0.1, 0.15) is 0 Å². The molecule has 19 heavy (non-hydrogen) atoms. The number of benzene rings is 1. The molecular formula is C12H20N4O3. The van der Waals surface area contributed by atoms with Gasteiger partial charge in [-0.3, -0.25) is 16.0 Å². The number of rotatable bonds is 7. The van der Waals surface area contributed by atoms with E-state index in [1.54, 1.807) is 6.07 Å². The van der Waals surface area contributed by atoms with Crippen LogP contribution in [0.2, 0.25) is 0 Å². The number of aliphatic hydroxyl groups excluding tert-OH is 1. The Hall–Kier alpha value is -1.86. The molecule has 0 fully saturated rings. The summed E-state index contributed by atoms with van der Waals surface area (Å²) in [5.41, 5.74) is 2.85. The first kappa shape index (κ1) is 15.2. The van der Waals surface area contributed by atoms with Gasteiger partial charge >= 0.3 is 0 Å². The number of nitrogen functional groups attached to an aromatic ring is 1. The Bertz CT molecular complexity index is 438. The number of hydrogen-bond donors (Lipinski definition) is 4. The third-order valence-electron chi connectivity index (χ3n) is 3.36. The van der Waals surface area contributed by atoms with Crippen molar-refractivity contribution in [3.8, 4) is 0 Å². The van der Waals surface area contributed by atoms with Crippen molar-refractivity contribution >= 4 is 17.1 Å². The van der Waals surface area contributed by atoms with E-state index in [0.717, 1.165) is 0 Å². The third kappa shape index (κ3) is 3.55. The maximum atomic E-state index is 10.9. The molecule has 0 radical (unpaired) electrons. The Morgan fingerprint density at radius 3 is 2.32 bits per heavy atom. The molecule has 7 heteroatoms. The van der Waals surface area contributed by atoms with E-state index in [9.17, 15) is 15.2 Å². The van der Waals surface area contributed by atoms with Crippen LogP contribution in [0, 0.1) is 10.1 Å². The Kier molecular flexibility index (Phi) is 5.08. The molecule has 0 bridgehead atoms. The predicted molar refractivity (Wildman–Crippen MR) is 74.9 cm³/mol. The summed E-state index contributed by atoms with van der Waals surface area (Å²) in [6, 6.07) is 4.45. The summed E-state index contributed by atoms with van der Waals surface area (Å²) in [5.74, 6) is 5.30. The molecule has 0 spiro atoms. The van der Waals surface area contributed by atoms with Gasteiger partial charge in [0.05, 0.1) is 22.8 Å². The maximum Gasteiger partial charge on any atom is 0.273 e. The van der Waals surface area contributed by atoms with Crippen LogP contribution in [-0.4, -0.2) is 22.2 Å². The van der Waals surface area contributed by atoms with Crippen molar-refractivity contribution in [1.29, 1.82) is 0 Å². The van der Waals surface area contributed by atoms with E-state index in [1.165, 1.54) is 12.1 Å². The van der Waals surface area contributed by atoms with Crippen LogP contribution in [0.25, 0.3) is 0 Å². The standard InChI is InChI=1S/C12H20N4O3/c1-3-12(4-2,8-17)14-9-5-10(15-13)7-11(6-9)16(18)19/h5-7,14-15,17H,3-4,8,13H2,1-2H3.